The molecule has 0 rings (SSSR count). The standard InChI is InChI=1S/C13H30N2O2S/c1-6-15(18(5,16)17)9-7-8-14-11-13(4)10-12(2)3/h12-14H,6-11H2,1-5H3. The van der Waals surface area contributed by atoms with Crippen LogP contribution in [-0.4, -0.2) is 45.2 Å². The van der Waals surface area contributed by atoms with Crippen molar-refractivity contribution in [1.29, 1.82) is 0 Å². The van der Waals surface area contributed by atoms with Gasteiger partial charge in [0.05, 0.1) is 6.26 Å². The zero-order valence-electron chi connectivity index (χ0n) is 12.6. The molecule has 5 heteroatoms. The number of nitrogens with zero attached hydrogens (tertiary/aromatic N) is 1. The van der Waals surface area contributed by atoms with Crippen LogP contribution in [0.5, 0.6) is 0 Å². The minimum absolute atomic E-state index is 0.558. The summed E-state index contributed by atoms with van der Waals surface area (Å²) in [5, 5.41) is 3.40. The van der Waals surface area contributed by atoms with Crippen molar-refractivity contribution in [3.63, 3.8) is 0 Å². The van der Waals surface area contributed by atoms with Gasteiger partial charge < -0.3 is 5.32 Å². The van der Waals surface area contributed by atoms with Crippen LogP contribution >= 0.6 is 0 Å². The lowest BCUT2D eigenvalue weighted by molar-refractivity contribution is 0.393. The van der Waals surface area contributed by atoms with E-state index in [1.54, 1.807) is 0 Å². The Bertz CT molecular complexity index is 302. The fraction of sp³-hybridized carbons (Fsp3) is 1.00. The first-order valence-electron chi connectivity index (χ1n) is 6.93. The molecule has 1 atom stereocenters. The lowest BCUT2D eigenvalue weighted by atomic mass is 9.99. The van der Waals surface area contributed by atoms with Gasteiger partial charge in [0.25, 0.3) is 0 Å². The highest BCUT2D eigenvalue weighted by Crippen LogP contribution is 2.09. The van der Waals surface area contributed by atoms with Crippen LogP contribution in [0.2, 0.25) is 0 Å². The van der Waals surface area contributed by atoms with Crippen LogP contribution in [0.1, 0.15) is 40.5 Å². The lowest BCUT2D eigenvalue weighted by Crippen LogP contribution is -2.33. The molecule has 4 nitrogen and oxygen atoms in total. The molecule has 0 saturated heterocycles. The molecule has 0 aliphatic heterocycles. The lowest BCUT2D eigenvalue weighted by Gasteiger charge is -2.18. The molecule has 0 radical (unpaired) electrons. The molecular formula is C13H30N2O2S. The van der Waals surface area contributed by atoms with Crippen molar-refractivity contribution in [3.8, 4) is 0 Å². The van der Waals surface area contributed by atoms with Crippen molar-refractivity contribution in [1.82, 2.24) is 9.62 Å². The fourth-order valence-electron chi connectivity index (χ4n) is 2.18. The first-order valence-corrected chi connectivity index (χ1v) is 8.78. The predicted octanol–water partition coefficient (Wildman–Crippen LogP) is 1.93. The minimum Gasteiger partial charge on any atom is -0.316 e. The molecule has 110 valence electrons. The van der Waals surface area contributed by atoms with Gasteiger partial charge in [-0.1, -0.05) is 27.7 Å². The zero-order chi connectivity index (χ0) is 14.2. The van der Waals surface area contributed by atoms with Gasteiger partial charge in [-0.05, 0) is 37.8 Å². The van der Waals surface area contributed by atoms with E-state index in [2.05, 4.69) is 26.1 Å². The fourth-order valence-corrected chi connectivity index (χ4v) is 3.11. The molecule has 0 fully saturated rings. The summed E-state index contributed by atoms with van der Waals surface area (Å²) in [6, 6.07) is 0. The summed E-state index contributed by atoms with van der Waals surface area (Å²) in [4.78, 5) is 0. The van der Waals surface area contributed by atoms with Crippen molar-refractivity contribution >= 4 is 10.0 Å². The molecule has 1 unspecified atom stereocenters. The number of hydrogen-bond acceptors (Lipinski definition) is 3. The van der Waals surface area contributed by atoms with Gasteiger partial charge in [0.15, 0.2) is 0 Å². The van der Waals surface area contributed by atoms with Crippen molar-refractivity contribution in [2.24, 2.45) is 11.8 Å². The normalized spacial score (nSPS) is 14.4. The topological polar surface area (TPSA) is 49.4 Å². The molecule has 0 aliphatic carbocycles. The van der Waals surface area contributed by atoms with E-state index in [1.807, 2.05) is 6.92 Å². The van der Waals surface area contributed by atoms with E-state index in [9.17, 15) is 8.42 Å². The summed E-state index contributed by atoms with van der Waals surface area (Å²) in [5.41, 5.74) is 0. The molecule has 0 aromatic carbocycles. The van der Waals surface area contributed by atoms with Crippen LogP contribution in [0.3, 0.4) is 0 Å². The van der Waals surface area contributed by atoms with Gasteiger partial charge in [-0.2, -0.15) is 0 Å². The highest BCUT2D eigenvalue weighted by Gasteiger charge is 2.13. The van der Waals surface area contributed by atoms with Crippen LogP contribution in [-0.2, 0) is 10.0 Å². The van der Waals surface area contributed by atoms with Gasteiger partial charge in [-0.3, -0.25) is 0 Å². The second kappa shape index (κ2) is 8.88. The molecule has 0 aromatic heterocycles. The Morgan fingerprint density at radius 2 is 1.83 bits per heavy atom. The summed E-state index contributed by atoms with van der Waals surface area (Å²) in [6.45, 7) is 11.7. The smallest absolute Gasteiger partial charge is 0.211 e. The Hall–Kier alpha value is -0.130. The first-order chi connectivity index (χ1) is 8.27. The van der Waals surface area contributed by atoms with Gasteiger partial charge in [-0.25, -0.2) is 12.7 Å². The van der Waals surface area contributed by atoms with Crippen LogP contribution in [0.25, 0.3) is 0 Å². The van der Waals surface area contributed by atoms with Crippen LogP contribution in [0.4, 0.5) is 0 Å². The van der Waals surface area contributed by atoms with E-state index in [1.165, 1.54) is 17.0 Å². The largest absolute Gasteiger partial charge is 0.316 e. The monoisotopic (exact) mass is 278 g/mol. The summed E-state index contributed by atoms with van der Waals surface area (Å²) in [5.74, 6) is 1.42. The first kappa shape index (κ1) is 17.9. The highest BCUT2D eigenvalue weighted by molar-refractivity contribution is 7.88. The molecule has 1 N–H and O–H groups in total. The van der Waals surface area contributed by atoms with Crippen LogP contribution in [0.15, 0.2) is 0 Å². The molecule has 0 heterocycles. The predicted molar refractivity (Wildman–Crippen MR) is 78.2 cm³/mol. The molecule has 0 spiro atoms. The van der Waals surface area contributed by atoms with Crippen molar-refractivity contribution in [3.05, 3.63) is 0 Å². The third-order valence-corrected chi connectivity index (χ3v) is 4.33. The van der Waals surface area contributed by atoms with E-state index >= 15 is 0 Å². The Morgan fingerprint density at radius 3 is 2.28 bits per heavy atom. The minimum atomic E-state index is -3.03. The van der Waals surface area contributed by atoms with E-state index in [0.29, 0.717) is 19.0 Å². The Kier molecular flexibility index (Phi) is 8.82. The SMILES string of the molecule is CCN(CCCNCC(C)CC(C)C)S(C)(=O)=O. The number of rotatable bonds is 10. The maximum absolute atomic E-state index is 11.4. The number of hydrogen-bond donors (Lipinski definition) is 1. The van der Waals surface area contributed by atoms with Gasteiger partial charge in [0.2, 0.25) is 10.0 Å². The molecule has 0 amide bonds. The average Bonchev–Trinajstić information content (AvgIpc) is 2.20. The second-order valence-electron chi connectivity index (χ2n) is 5.55. The van der Waals surface area contributed by atoms with Gasteiger partial charge in [-0.15, -0.1) is 0 Å². The summed E-state index contributed by atoms with van der Waals surface area (Å²) >= 11 is 0. The van der Waals surface area contributed by atoms with Crippen LogP contribution < -0.4 is 5.32 Å². The molecule has 18 heavy (non-hydrogen) atoms. The van der Waals surface area contributed by atoms with Gasteiger partial charge in [0.1, 0.15) is 0 Å². The highest BCUT2D eigenvalue weighted by atomic mass is 32.2. The Morgan fingerprint density at radius 1 is 1.22 bits per heavy atom. The third-order valence-electron chi connectivity index (χ3n) is 2.95. The van der Waals surface area contributed by atoms with Gasteiger partial charge in [0, 0.05) is 13.1 Å². The Balaban J connectivity index is 3.68. The van der Waals surface area contributed by atoms with E-state index in [-0.39, 0.29) is 0 Å². The van der Waals surface area contributed by atoms with Crippen LogP contribution in [0, 0.1) is 11.8 Å². The molecule has 0 bridgehead atoms. The summed E-state index contributed by atoms with van der Waals surface area (Å²) in [7, 11) is -3.03. The van der Waals surface area contributed by atoms with Crippen molar-refractivity contribution in [2.75, 3.05) is 32.4 Å². The van der Waals surface area contributed by atoms with E-state index in [4.69, 9.17) is 0 Å². The molecule has 0 saturated carbocycles. The van der Waals surface area contributed by atoms with Gasteiger partial charge >= 0.3 is 0 Å². The average molecular weight is 278 g/mol. The van der Waals surface area contributed by atoms with E-state index < -0.39 is 10.0 Å². The summed E-state index contributed by atoms with van der Waals surface area (Å²) < 4.78 is 24.2. The van der Waals surface area contributed by atoms with Crippen molar-refractivity contribution < 1.29 is 8.42 Å². The van der Waals surface area contributed by atoms with Crippen molar-refractivity contribution in [2.45, 2.75) is 40.5 Å². The quantitative estimate of drug-likeness (QED) is 0.621. The number of sulfonamides is 1. The second-order valence-corrected chi connectivity index (χ2v) is 7.53. The van der Waals surface area contributed by atoms with E-state index in [0.717, 1.165) is 25.4 Å². The zero-order valence-corrected chi connectivity index (χ0v) is 13.4. The number of nitrogens with one attached hydrogen (secondary N) is 1. The Labute approximate surface area is 113 Å². The molecule has 0 aliphatic rings. The maximum Gasteiger partial charge on any atom is 0.211 e. The molecule has 0 aromatic rings. The summed E-state index contributed by atoms with van der Waals surface area (Å²) in [6.07, 6.45) is 3.38. The molecular weight excluding hydrogens is 248 g/mol. The maximum atomic E-state index is 11.4. The third kappa shape index (κ3) is 8.89.